The number of hydrogen-bond acceptors (Lipinski definition) is 7. The second-order valence-corrected chi connectivity index (χ2v) is 8.06. The summed E-state index contributed by atoms with van der Waals surface area (Å²) in [6.45, 7) is 0. The molecule has 9 heteroatoms. The summed E-state index contributed by atoms with van der Waals surface area (Å²) >= 11 is 6.21. The molecule has 1 saturated carbocycles. The Morgan fingerprint density at radius 1 is 0.906 bits per heavy atom. The summed E-state index contributed by atoms with van der Waals surface area (Å²) < 4.78 is 15.9. The molecule has 0 saturated heterocycles. The van der Waals surface area contributed by atoms with E-state index < -0.39 is 0 Å². The largest absolute Gasteiger partial charge is 0.373 e. The topological polar surface area (TPSA) is 87.7 Å². The summed E-state index contributed by atoms with van der Waals surface area (Å²) in [5.74, 6) is 1.25. The van der Waals surface area contributed by atoms with Gasteiger partial charge in [0.1, 0.15) is 17.5 Å². The molecule has 0 bridgehead atoms. The molecule has 0 radical (unpaired) electrons. The molecule has 1 fully saturated rings. The van der Waals surface area contributed by atoms with Crippen LogP contribution in [-0.2, 0) is 0 Å². The van der Waals surface area contributed by atoms with E-state index in [0.717, 1.165) is 12.8 Å². The number of nitrogens with one attached hydrogen (secondary N) is 3. The SMILES string of the molecule is CNc1ncc2cc(-c3cccc(-c4cc(Cl)cnc4NC4CC4)c3F)c(NC)nc2n1. The predicted molar refractivity (Wildman–Crippen MR) is 127 cm³/mol. The molecule has 32 heavy (non-hydrogen) atoms. The normalized spacial score (nSPS) is 13.2. The number of fused-ring (bicyclic) bond motifs is 1. The predicted octanol–water partition coefficient (Wildman–Crippen LogP) is 5.20. The van der Waals surface area contributed by atoms with Gasteiger partial charge >= 0.3 is 0 Å². The van der Waals surface area contributed by atoms with E-state index in [1.165, 1.54) is 0 Å². The zero-order valence-electron chi connectivity index (χ0n) is 17.6. The third-order valence-electron chi connectivity index (χ3n) is 5.38. The molecule has 1 aliphatic rings. The Morgan fingerprint density at radius 2 is 1.66 bits per heavy atom. The maximum Gasteiger partial charge on any atom is 0.224 e. The fourth-order valence-electron chi connectivity index (χ4n) is 3.61. The molecule has 0 spiro atoms. The van der Waals surface area contributed by atoms with Crippen molar-refractivity contribution in [3.8, 4) is 22.3 Å². The lowest BCUT2D eigenvalue weighted by atomic mass is 9.98. The van der Waals surface area contributed by atoms with Gasteiger partial charge in [-0.2, -0.15) is 4.98 Å². The lowest BCUT2D eigenvalue weighted by Gasteiger charge is -2.15. The molecule has 3 N–H and O–H groups in total. The molecule has 3 aromatic heterocycles. The highest BCUT2D eigenvalue weighted by Crippen LogP contribution is 2.39. The van der Waals surface area contributed by atoms with Crippen LogP contribution in [0.4, 0.5) is 22.0 Å². The molecule has 0 unspecified atom stereocenters. The van der Waals surface area contributed by atoms with Gasteiger partial charge in [0, 0.05) is 60.2 Å². The molecule has 4 aromatic rings. The molecule has 1 aromatic carbocycles. The Kier molecular flexibility index (Phi) is 5.22. The summed E-state index contributed by atoms with van der Waals surface area (Å²) in [5, 5.41) is 10.5. The minimum absolute atomic E-state index is 0.372. The van der Waals surface area contributed by atoms with E-state index in [1.54, 1.807) is 44.7 Å². The number of aromatic nitrogens is 4. The van der Waals surface area contributed by atoms with Crippen LogP contribution in [0, 0.1) is 5.82 Å². The van der Waals surface area contributed by atoms with Gasteiger partial charge < -0.3 is 16.0 Å². The number of anilines is 3. The highest BCUT2D eigenvalue weighted by atomic mass is 35.5. The second-order valence-electron chi connectivity index (χ2n) is 7.63. The van der Waals surface area contributed by atoms with Crippen LogP contribution in [0.3, 0.4) is 0 Å². The first-order valence-electron chi connectivity index (χ1n) is 10.3. The molecule has 162 valence electrons. The van der Waals surface area contributed by atoms with Crippen molar-refractivity contribution in [2.24, 2.45) is 0 Å². The first-order chi connectivity index (χ1) is 15.6. The number of benzene rings is 1. The first kappa shape index (κ1) is 20.4. The van der Waals surface area contributed by atoms with Crippen molar-refractivity contribution in [1.82, 2.24) is 19.9 Å². The molecule has 0 aliphatic heterocycles. The molecule has 7 nitrogen and oxygen atoms in total. The van der Waals surface area contributed by atoms with Gasteiger partial charge in [0.15, 0.2) is 5.65 Å². The highest BCUT2D eigenvalue weighted by Gasteiger charge is 2.24. The van der Waals surface area contributed by atoms with E-state index in [4.69, 9.17) is 11.6 Å². The van der Waals surface area contributed by atoms with Gasteiger partial charge in [0.25, 0.3) is 0 Å². The monoisotopic (exact) mass is 449 g/mol. The molecule has 0 atom stereocenters. The van der Waals surface area contributed by atoms with Crippen LogP contribution in [0.25, 0.3) is 33.3 Å². The van der Waals surface area contributed by atoms with Crippen molar-refractivity contribution in [2.75, 3.05) is 30.0 Å². The van der Waals surface area contributed by atoms with Crippen LogP contribution in [0.15, 0.2) is 42.7 Å². The van der Waals surface area contributed by atoms with Crippen LogP contribution < -0.4 is 16.0 Å². The molecule has 5 rings (SSSR count). The molecule has 0 amide bonds. The van der Waals surface area contributed by atoms with Crippen molar-refractivity contribution in [3.05, 3.63) is 53.6 Å². The smallest absolute Gasteiger partial charge is 0.224 e. The van der Waals surface area contributed by atoms with E-state index >= 15 is 4.39 Å². The standard InChI is InChI=1S/C23H21ClFN7/c1-26-21-17(8-12-10-29-23(27-2)32-20(12)31-21)15-4-3-5-16(19(15)25)18-9-13(24)11-28-22(18)30-14-6-7-14/h3-5,8-11,14H,6-7H2,1-2H3,(H,28,30)(H2,26,27,29,31,32). The van der Waals surface area contributed by atoms with E-state index in [0.29, 0.717) is 61.9 Å². The second kappa shape index (κ2) is 8.20. The number of halogens is 2. The summed E-state index contributed by atoms with van der Waals surface area (Å²) in [5.41, 5.74) is 2.60. The summed E-state index contributed by atoms with van der Waals surface area (Å²) in [6.07, 6.45) is 5.41. The third-order valence-corrected chi connectivity index (χ3v) is 5.59. The molecular weight excluding hydrogens is 429 g/mol. The van der Waals surface area contributed by atoms with Crippen molar-refractivity contribution in [2.45, 2.75) is 18.9 Å². The highest BCUT2D eigenvalue weighted by molar-refractivity contribution is 6.30. The number of pyridine rings is 2. The van der Waals surface area contributed by atoms with Gasteiger partial charge in [-0.3, -0.25) is 0 Å². The van der Waals surface area contributed by atoms with Crippen molar-refractivity contribution >= 4 is 40.2 Å². The molecular formula is C23H21ClFN7. The van der Waals surface area contributed by atoms with Gasteiger partial charge in [-0.15, -0.1) is 0 Å². The molecule has 3 heterocycles. The first-order valence-corrected chi connectivity index (χ1v) is 10.7. The number of hydrogen-bond donors (Lipinski definition) is 3. The van der Waals surface area contributed by atoms with Crippen LogP contribution in [-0.4, -0.2) is 40.1 Å². The summed E-state index contributed by atoms with van der Waals surface area (Å²) in [6, 6.07) is 9.25. The van der Waals surface area contributed by atoms with Gasteiger partial charge in [0.2, 0.25) is 5.95 Å². The van der Waals surface area contributed by atoms with Crippen molar-refractivity contribution in [1.29, 1.82) is 0 Å². The lowest BCUT2D eigenvalue weighted by Crippen LogP contribution is -2.05. The average Bonchev–Trinajstić information content (AvgIpc) is 3.63. The van der Waals surface area contributed by atoms with Crippen molar-refractivity contribution < 1.29 is 4.39 Å². The van der Waals surface area contributed by atoms with Gasteiger partial charge in [-0.05, 0) is 25.0 Å². The minimum atomic E-state index is -0.374. The zero-order valence-corrected chi connectivity index (χ0v) is 18.3. The van der Waals surface area contributed by atoms with E-state index in [9.17, 15) is 0 Å². The van der Waals surface area contributed by atoms with Gasteiger partial charge in [0.05, 0.1) is 5.02 Å². The van der Waals surface area contributed by atoms with Crippen LogP contribution in [0.1, 0.15) is 12.8 Å². The Hall–Kier alpha value is -3.52. The van der Waals surface area contributed by atoms with E-state index in [1.807, 2.05) is 12.1 Å². The maximum atomic E-state index is 15.9. The molecule has 1 aliphatic carbocycles. The maximum absolute atomic E-state index is 15.9. The van der Waals surface area contributed by atoms with Crippen molar-refractivity contribution in [3.63, 3.8) is 0 Å². The Bertz CT molecular complexity index is 1320. The summed E-state index contributed by atoms with van der Waals surface area (Å²) in [7, 11) is 3.49. The summed E-state index contributed by atoms with van der Waals surface area (Å²) in [4.78, 5) is 17.6. The van der Waals surface area contributed by atoms with Crippen LogP contribution in [0.2, 0.25) is 5.02 Å². The van der Waals surface area contributed by atoms with Crippen LogP contribution in [0.5, 0.6) is 0 Å². The minimum Gasteiger partial charge on any atom is -0.373 e. The van der Waals surface area contributed by atoms with E-state index in [2.05, 4.69) is 35.9 Å². The van der Waals surface area contributed by atoms with Gasteiger partial charge in [-0.25, -0.2) is 19.3 Å². The van der Waals surface area contributed by atoms with Gasteiger partial charge in [-0.1, -0.05) is 29.8 Å². The Morgan fingerprint density at radius 3 is 2.34 bits per heavy atom. The quantitative estimate of drug-likeness (QED) is 0.372. The Balaban J connectivity index is 1.66. The van der Waals surface area contributed by atoms with Crippen LogP contribution >= 0.6 is 11.6 Å². The van der Waals surface area contributed by atoms with E-state index in [-0.39, 0.29) is 5.82 Å². The fourth-order valence-corrected chi connectivity index (χ4v) is 3.77. The average molecular weight is 450 g/mol. The number of rotatable bonds is 6. The third kappa shape index (κ3) is 3.78. The zero-order chi connectivity index (χ0) is 22.2. The lowest BCUT2D eigenvalue weighted by molar-refractivity contribution is 0.634. The number of nitrogens with zero attached hydrogens (tertiary/aromatic N) is 4. The Labute approximate surface area is 189 Å². The fraction of sp³-hybridized carbons (Fsp3) is 0.217.